The van der Waals surface area contributed by atoms with Crippen LogP contribution in [-0.2, 0) is 11.5 Å². The molecule has 0 spiro atoms. The lowest BCUT2D eigenvalue weighted by molar-refractivity contribution is -0.253. The maximum absolute atomic E-state index is 8.20. The predicted octanol–water partition coefficient (Wildman–Crippen LogP) is 2.38. The van der Waals surface area contributed by atoms with E-state index < -0.39 is 0 Å². The fraction of sp³-hybridized carbons (Fsp3) is 0.333. The number of benzene rings is 1. The topological polar surface area (TPSA) is 38.7 Å². The highest BCUT2D eigenvalue weighted by atomic mass is 32.2. The van der Waals surface area contributed by atoms with Crippen molar-refractivity contribution in [1.82, 2.24) is 0 Å². The number of hydrogen-bond acceptors (Lipinski definition) is 4. The lowest BCUT2D eigenvalue weighted by Gasteiger charge is -2.04. The fourth-order valence-electron chi connectivity index (χ4n) is 0.883. The molecular formula is C9H12O3S. The summed E-state index contributed by atoms with van der Waals surface area (Å²) in [7, 11) is 0. The van der Waals surface area contributed by atoms with Crippen LogP contribution >= 0.6 is 11.8 Å². The van der Waals surface area contributed by atoms with Crippen LogP contribution in [0, 0.1) is 0 Å². The standard InChI is InChI=1S/C9H12O3S/c1-13-7-11-9-4-2-8(3-5-9)6-12-10/h2-5,10H,6-7H2,1H3. The van der Waals surface area contributed by atoms with E-state index in [-0.39, 0.29) is 6.61 Å². The van der Waals surface area contributed by atoms with Crippen LogP contribution in [0.25, 0.3) is 0 Å². The summed E-state index contributed by atoms with van der Waals surface area (Å²) in [5.74, 6) is 1.48. The van der Waals surface area contributed by atoms with Gasteiger partial charge in [0.1, 0.15) is 18.3 Å². The Bertz CT molecular complexity index is 235. The largest absolute Gasteiger partial charge is 0.483 e. The molecule has 0 saturated carbocycles. The molecule has 4 heteroatoms. The highest BCUT2D eigenvalue weighted by Gasteiger charge is 1.94. The van der Waals surface area contributed by atoms with Gasteiger partial charge < -0.3 is 4.74 Å². The number of thioether (sulfide) groups is 1. The molecule has 13 heavy (non-hydrogen) atoms. The molecule has 1 N–H and O–H groups in total. The van der Waals surface area contributed by atoms with Gasteiger partial charge in [0.05, 0.1) is 0 Å². The van der Waals surface area contributed by atoms with Gasteiger partial charge in [-0.3, -0.25) is 5.26 Å². The van der Waals surface area contributed by atoms with Crippen molar-refractivity contribution in [2.45, 2.75) is 6.61 Å². The van der Waals surface area contributed by atoms with Crippen molar-refractivity contribution in [2.24, 2.45) is 0 Å². The van der Waals surface area contributed by atoms with Crippen LogP contribution in [0.3, 0.4) is 0 Å². The van der Waals surface area contributed by atoms with Gasteiger partial charge in [-0.15, -0.1) is 11.8 Å². The molecule has 0 atom stereocenters. The minimum Gasteiger partial charge on any atom is -0.483 e. The second-order valence-electron chi connectivity index (χ2n) is 2.47. The summed E-state index contributed by atoms with van der Waals surface area (Å²) in [6.07, 6.45) is 1.98. The third kappa shape index (κ3) is 3.67. The summed E-state index contributed by atoms with van der Waals surface area (Å²) in [6, 6.07) is 7.41. The molecule has 0 amide bonds. The zero-order valence-corrected chi connectivity index (χ0v) is 8.21. The Labute approximate surface area is 81.6 Å². The fourth-order valence-corrected chi connectivity index (χ4v) is 1.14. The van der Waals surface area contributed by atoms with Gasteiger partial charge in [-0.2, -0.15) is 0 Å². The molecule has 3 nitrogen and oxygen atoms in total. The van der Waals surface area contributed by atoms with Crippen LogP contribution in [0.15, 0.2) is 24.3 Å². The van der Waals surface area contributed by atoms with E-state index in [2.05, 4.69) is 4.89 Å². The van der Waals surface area contributed by atoms with Crippen LogP contribution in [0.1, 0.15) is 5.56 Å². The van der Waals surface area contributed by atoms with Gasteiger partial charge in [-0.05, 0) is 24.0 Å². The Balaban J connectivity index is 2.48. The second-order valence-corrected chi connectivity index (χ2v) is 3.28. The van der Waals surface area contributed by atoms with Crippen LogP contribution in [-0.4, -0.2) is 17.5 Å². The average Bonchev–Trinajstić information content (AvgIpc) is 2.17. The molecule has 0 aromatic heterocycles. The first kappa shape index (κ1) is 10.4. The van der Waals surface area contributed by atoms with Crippen LogP contribution in [0.2, 0.25) is 0 Å². The van der Waals surface area contributed by atoms with E-state index in [1.165, 1.54) is 0 Å². The summed E-state index contributed by atoms with van der Waals surface area (Å²) in [5.41, 5.74) is 0.916. The van der Waals surface area contributed by atoms with E-state index >= 15 is 0 Å². The second kappa shape index (κ2) is 5.85. The van der Waals surface area contributed by atoms with Crippen molar-refractivity contribution >= 4 is 11.8 Å². The van der Waals surface area contributed by atoms with Crippen LogP contribution < -0.4 is 4.74 Å². The van der Waals surface area contributed by atoms with E-state index in [4.69, 9.17) is 9.99 Å². The van der Waals surface area contributed by atoms with Gasteiger partial charge in [0.2, 0.25) is 0 Å². The zero-order valence-electron chi connectivity index (χ0n) is 7.40. The summed E-state index contributed by atoms with van der Waals surface area (Å²) in [4.78, 5) is 4.00. The molecule has 0 saturated heterocycles. The van der Waals surface area contributed by atoms with Gasteiger partial charge in [-0.1, -0.05) is 12.1 Å². The molecule has 1 aromatic carbocycles. The van der Waals surface area contributed by atoms with Crippen molar-refractivity contribution in [3.8, 4) is 5.75 Å². The molecule has 0 aliphatic heterocycles. The molecule has 0 radical (unpaired) electrons. The quantitative estimate of drug-likeness (QED) is 0.450. The monoisotopic (exact) mass is 200 g/mol. The van der Waals surface area contributed by atoms with E-state index in [9.17, 15) is 0 Å². The maximum Gasteiger partial charge on any atom is 0.133 e. The smallest absolute Gasteiger partial charge is 0.133 e. The molecule has 1 rings (SSSR count). The molecule has 0 fully saturated rings. The van der Waals surface area contributed by atoms with Gasteiger partial charge in [0.25, 0.3) is 0 Å². The molecule has 1 aromatic rings. The molecule has 0 aliphatic rings. The molecular weight excluding hydrogens is 188 g/mol. The van der Waals surface area contributed by atoms with Crippen molar-refractivity contribution in [3.05, 3.63) is 29.8 Å². The van der Waals surface area contributed by atoms with Gasteiger partial charge >= 0.3 is 0 Å². The highest BCUT2D eigenvalue weighted by molar-refractivity contribution is 7.98. The first-order valence-corrected chi connectivity index (χ1v) is 5.23. The van der Waals surface area contributed by atoms with E-state index in [1.54, 1.807) is 11.8 Å². The Kier molecular flexibility index (Phi) is 4.67. The molecule has 0 bridgehead atoms. The molecule has 0 unspecified atom stereocenters. The van der Waals surface area contributed by atoms with Crippen LogP contribution in [0.5, 0.6) is 5.75 Å². The van der Waals surface area contributed by atoms with E-state index in [0.717, 1.165) is 11.3 Å². The van der Waals surface area contributed by atoms with Crippen molar-refractivity contribution in [3.63, 3.8) is 0 Å². The minimum atomic E-state index is 0.211. The molecule has 0 heterocycles. The van der Waals surface area contributed by atoms with Crippen LogP contribution in [0.4, 0.5) is 0 Å². The van der Waals surface area contributed by atoms with Crippen molar-refractivity contribution in [1.29, 1.82) is 0 Å². The summed E-state index contributed by atoms with van der Waals surface area (Å²) in [6.45, 7) is 0.211. The summed E-state index contributed by atoms with van der Waals surface area (Å²) in [5, 5.41) is 8.20. The van der Waals surface area contributed by atoms with Crippen molar-refractivity contribution in [2.75, 3.05) is 12.2 Å². The summed E-state index contributed by atoms with van der Waals surface area (Å²) >= 11 is 1.62. The van der Waals surface area contributed by atoms with Gasteiger partial charge in [0.15, 0.2) is 0 Å². The Morgan fingerprint density at radius 1 is 1.31 bits per heavy atom. The minimum absolute atomic E-state index is 0.211. The summed E-state index contributed by atoms with van der Waals surface area (Å²) < 4.78 is 5.35. The van der Waals surface area contributed by atoms with Gasteiger partial charge in [0, 0.05) is 0 Å². The maximum atomic E-state index is 8.20. The normalized spacial score (nSPS) is 10.0. The third-order valence-electron chi connectivity index (χ3n) is 1.50. The number of hydrogen-bond donors (Lipinski definition) is 1. The lowest BCUT2D eigenvalue weighted by atomic mass is 10.2. The third-order valence-corrected chi connectivity index (χ3v) is 1.85. The zero-order chi connectivity index (χ0) is 9.52. The number of ether oxygens (including phenoxy) is 1. The van der Waals surface area contributed by atoms with E-state index in [1.807, 2.05) is 30.5 Å². The predicted molar refractivity (Wildman–Crippen MR) is 52.9 cm³/mol. The first-order chi connectivity index (χ1) is 6.36. The van der Waals surface area contributed by atoms with E-state index in [0.29, 0.717) is 5.94 Å². The highest BCUT2D eigenvalue weighted by Crippen LogP contribution is 2.13. The Morgan fingerprint density at radius 3 is 2.54 bits per heavy atom. The molecule has 0 aliphatic carbocycles. The molecule has 72 valence electrons. The lowest BCUT2D eigenvalue weighted by Crippen LogP contribution is -1.92. The average molecular weight is 200 g/mol. The van der Waals surface area contributed by atoms with Crippen molar-refractivity contribution < 1.29 is 14.9 Å². The SMILES string of the molecule is CSCOc1ccc(COO)cc1. The Morgan fingerprint density at radius 2 is 2.00 bits per heavy atom. The first-order valence-electron chi connectivity index (χ1n) is 3.84. The Hall–Kier alpha value is -0.710. The number of rotatable bonds is 5. The van der Waals surface area contributed by atoms with Gasteiger partial charge in [-0.25, -0.2) is 4.89 Å².